The molecule has 0 fully saturated rings. The van der Waals surface area contributed by atoms with Gasteiger partial charge in [0.1, 0.15) is 11.5 Å². The van der Waals surface area contributed by atoms with Crippen molar-refractivity contribution in [3.63, 3.8) is 0 Å². The summed E-state index contributed by atoms with van der Waals surface area (Å²) in [5, 5.41) is 41.6. The molecule has 194 valence electrons. The van der Waals surface area contributed by atoms with E-state index in [1.165, 1.54) is 38.1 Å². The second-order valence-corrected chi connectivity index (χ2v) is 8.13. The Morgan fingerprint density at radius 2 is 1.66 bits per heavy atom. The van der Waals surface area contributed by atoms with Gasteiger partial charge in [-0.15, -0.1) is 0 Å². The summed E-state index contributed by atoms with van der Waals surface area (Å²) in [6.45, 7) is 2.79. The number of hydrogen-bond donors (Lipinski definition) is 5. The number of carboxylic acid groups (broad SMARTS) is 1. The number of benzene rings is 3. The average Bonchev–Trinajstić information content (AvgIpc) is 2.82. The van der Waals surface area contributed by atoms with Gasteiger partial charge in [-0.2, -0.15) is 18.4 Å². The predicted molar refractivity (Wildman–Crippen MR) is 131 cm³/mol. The number of amides is 2. The van der Waals surface area contributed by atoms with Gasteiger partial charge in [-0.1, -0.05) is 6.07 Å². The second kappa shape index (κ2) is 10.4. The molecular weight excluding hydrogens is 505 g/mol. The van der Waals surface area contributed by atoms with Crippen molar-refractivity contribution in [3.05, 3.63) is 76.3 Å². The van der Waals surface area contributed by atoms with Crippen molar-refractivity contribution in [1.29, 1.82) is 10.7 Å². The summed E-state index contributed by atoms with van der Waals surface area (Å²) in [7, 11) is 0. The van der Waals surface area contributed by atoms with Crippen LogP contribution in [0, 0.1) is 23.7 Å². The van der Waals surface area contributed by atoms with Crippen LogP contribution in [0.3, 0.4) is 0 Å². The van der Waals surface area contributed by atoms with Crippen LogP contribution in [-0.2, 0) is 15.8 Å². The van der Waals surface area contributed by atoms with E-state index in [1.807, 2.05) is 0 Å². The Kier molecular flexibility index (Phi) is 7.53. The van der Waals surface area contributed by atoms with E-state index in [2.05, 4.69) is 10.6 Å². The van der Waals surface area contributed by atoms with E-state index in [1.54, 1.807) is 6.07 Å². The molecule has 5 N–H and O–H groups in total. The molecule has 38 heavy (non-hydrogen) atoms. The van der Waals surface area contributed by atoms with Gasteiger partial charge < -0.3 is 20.8 Å². The van der Waals surface area contributed by atoms with Crippen LogP contribution in [0.2, 0.25) is 0 Å². The first-order chi connectivity index (χ1) is 17.7. The fourth-order valence-electron chi connectivity index (χ4n) is 3.70. The van der Waals surface area contributed by atoms with Gasteiger partial charge in [-0.05, 0) is 66.1 Å². The number of aromatic hydroxyl groups is 1. The highest BCUT2D eigenvalue weighted by molar-refractivity contribution is 6.48. The Bertz CT molecular complexity index is 1540. The summed E-state index contributed by atoms with van der Waals surface area (Å²) < 4.78 is 42.2. The minimum absolute atomic E-state index is 0.0149. The molecule has 0 aromatic heterocycles. The number of carbonyl (C=O) groups is 3. The lowest BCUT2D eigenvalue weighted by Gasteiger charge is -2.18. The van der Waals surface area contributed by atoms with E-state index in [0.717, 1.165) is 18.2 Å². The van der Waals surface area contributed by atoms with Crippen molar-refractivity contribution in [2.75, 3.05) is 10.6 Å². The van der Waals surface area contributed by atoms with E-state index < -0.39 is 51.8 Å². The van der Waals surface area contributed by atoms with Gasteiger partial charge in [-0.3, -0.25) is 15.0 Å². The summed E-state index contributed by atoms with van der Waals surface area (Å²) in [5.74, 6) is -3.94. The zero-order valence-electron chi connectivity index (χ0n) is 19.8. The number of carboxylic acids is 1. The summed E-state index contributed by atoms with van der Waals surface area (Å²) in [5.41, 5.74) is -3.44. The van der Waals surface area contributed by atoms with Crippen LogP contribution in [0.1, 0.15) is 39.5 Å². The third kappa shape index (κ3) is 5.79. The van der Waals surface area contributed by atoms with Crippen molar-refractivity contribution < 1.29 is 37.8 Å². The maximum Gasteiger partial charge on any atom is 0.417 e. The quantitative estimate of drug-likeness (QED) is 0.287. The van der Waals surface area contributed by atoms with Gasteiger partial charge in [0.2, 0.25) is 5.91 Å². The zero-order chi connectivity index (χ0) is 28.4. The lowest BCUT2D eigenvalue weighted by molar-refractivity contribution is -0.137. The summed E-state index contributed by atoms with van der Waals surface area (Å²) in [6, 6.07) is 10.5. The molecule has 2 amide bonds. The number of anilines is 2. The lowest BCUT2D eigenvalue weighted by Crippen LogP contribution is -2.25. The monoisotopic (exact) mass is 524 g/mol. The van der Waals surface area contributed by atoms with E-state index in [0.29, 0.717) is 17.3 Å². The third-order valence-corrected chi connectivity index (χ3v) is 5.40. The van der Waals surface area contributed by atoms with Gasteiger partial charge in [0.25, 0.3) is 5.91 Å². The van der Waals surface area contributed by atoms with Crippen LogP contribution in [0.5, 0.6) is 5.75 Å². The molecule has 0 saturated heterocycles. The molecule has 0 aliphatic heterocycles. The molecule has 0 aliphatic rings. The van der Waals surface area contributed by atoms with Crippen LogP contribution in [0.4, 0.5) is 24.5 Å². The molecule has 0 atom stereocenters. The zero-order valence-corrected chi connectivity index (χ0v) is 19.8. The fraction of sp³-hybridized carbons (Fsp3) is 0.115. The molecule has 0 spiro atoms. The second-order valence-electron chi connectivity index (χ2n) is 8.13. The van der Waals surface area contributed by atoms with Gasteiger partial charge in [-0.25, -0.2) is 4.79 Å². The molecule has 0 heterocycles. The Hall–Kier alpha value is -5.18. The smallest absolute Gasteiger partial charge is 0.417 e. The number of aromatic carboxylic acids is 1. The maximum absolute atomic E-state index is 14.1. The minimum Gasteiger partial charge on any atom is -0.507 e. The van der Waals surface area contributed by atoms with Gasteiger partial charge in [0.15, 0.2) is 0 Å². The number of aryl methyl sites for hydroxylation is 1. The van der Waals surface area contributed by atoms with E-state index >= 15 is 0 Å². The topological polar surface area (TPSA) is 163 Å². The molecule has 3 aromatic rings. The van der Waals surface area contributed by atoms with Gasteiger partial charge in [0.05, 0.1) is 28.4 Å². The number of hydrogen-bond acceptors (Lipinski definition) is 6. The Morgan fingerprint density at radius 1 is 0.974 bits per heavy atom. The van der Waals surface area contributed by atoms with Crippen molar-refractivity contribution in [2.45, 2.75) is 20.0 Å². The molecule has 3 rings (SSSR count). The third-order valence-electron chi connectivity index (χ3n) is 5.40. The van der Waals surface area contributed by atoms with Crippen molar-refractivity contribution in [1.82, 2.24) is 0 Å². The Morgan fingerprint density at radius 3 is 2.21 bits per heavy atom. The normalized spacial score (nSPS) is 10.8. The van der Waals surface area contributed by atoms with Crippen molar-refractivity contribution in [3.8, 4) is 22.9 Å². The van der Waals surface area contributed by atoms with Gasteiger partial charge in [0, 0.05) is 18.2 Å². The van der Waals surface area contributed by atoms with Crippen LogP contribution >= 0.6 is 0 Å². The number of phenols is 1. The molecular formula is C26H19F3N4O5. The number of nitrogens with one attached hydrogen (secondary N) is 3. The highest BCUT2D eigenvalue weighted by Crippen LogP contribution is 2.42. The van der Waals surface area contributed by atoms with Gasteiger partial charge >= 0.3 is 12.1 Å². The summed E-state index contributed by atoms with van der Waals surface area (Å²) in [6.07, 6.45) is -4.94. The first kappa shape index (κ1) is 27.4. The van der Waals surface area contributed by atoms with Crippen LogP contribution < -0.4 is 10.6 Å². The molecule has 3 aromatic carbocycles. The van der Waals surface area contributed by atoms with Crippen LogP contribution in [0.15, 0.2) is 48.5 Å². The van der Waals surface area contributed by atoms with E-state index in [9.17, 15) is 37.8 Å². The molecule has 0 bridgehead atoms. The highest BCUT2D eigenvalue weighted by Gasteiger charge is 2.36. The van der Waals surface area contributed by atoms with Crippen LogP contribution in [0.25, 0.3) is 11.1 Å². The number of carbonyl (C=O) groups excluding carboxylic acids is 2. The first-order valence-electron chi connectivity index (χ1n) is 10.7. The average molecular weight is 524 g/mol. The number of nitrogens with zero attached hydrogens (tertiary/aromatic N) is 1. The van der Waals surface area contributed by atoms with E-state index in [4.69, 9.17) is 10.7 Å². The Labute approximate surface area is 213 Å². The summed E-state index contributed by atoms with van der Waals surface area (Å²) >= 11 is 0. The number of phenolic OH excluding ortho intramolecular Hbond substituents is 1. The number of alkyl halides is 3. The van der Waals surface area contributed by atoms with Crippen molar-refractivity contribution in [2.24, 2.45) is 0 Å². The van der Waals surface area contributed by atoms with Crippen molar-refractivity contribution >= 4 is 34.9 Å². The molecule has 0 saturated carbocycles. The molecule has 0 aliphatic carbocycles. The number of rotatable bonds is 6. The largest absolute Gasteiger partial charge is 0.507 e. The number of nitriles is 1. The lowest BCUT2D eigenvalue weighted by atomic mass is 9.92. The predicted octanol–water partition coefficient (Wildman–Crippen LogP) is 4.92. The molecule has 0 radical (unpaired) electrons. The first-order valence-corrected chi connectivity index (χ1v) is 10.7. The summed E-state index contributed by atoms with van der Waals surface area (Å²) in [4.78, 5) is 35.4. The maximum atomic E-state index is 14.1. The van der Waals surface area contributed by atoms with E-state index in [-0.39, 0.29) is 22.7 Å². The Balaban J connectivity index is 2.04. The molecule has 9 nitrogen and oxygen atoms in total. The molecule has 0 unspecified atom stereocenters. The number of halogens is 3. The molecule has 12 heteroatoms. The SMILES string of the molecule is CC(=O)Nc1ccc(-c2cc(O)c(C(=N)C(=O)Nc3ccc(C#N)cc3C(=O)O)cc2C(F)(F)F)c(C)c1. The minimum atomic E-state index is -4.94. The fourth-order valence-corrected chi connectivity index (χ4v) is 3.70. The highest BCUT2D eigenvalue weighted by atomic mass is 19.4. The standard InChI is InChI=1S/C26H19F3N4O5/c1-12-7-15(32-13(2)34)4-5-16(12)17-10-22(35)19(9-20(17)26(27,28)29)23(31)24(36)33-21-6-3-14(11-30)8-18(21)25(37)38/h3-10,31,35H,1-2H3,(H,32,34)(H,33,36)(H,37,38). The van der Waals surface area contributed by atoms with Crippen LogP contribution in [-0.4, -0.2) is 33.7 Å².